The van der Waals surface area contributed by atoms with Crippen molar-refractivity contribution < 1.29 is 14.6 Å². The lowest BCUT2D eigenvalue weighted by Gasteiger charge is -1.92. The van der Waals surface area contributed by atoms with Gasteiger partial charge in [0, 0.05) is 11.8 Å². The molecule has 7 nitrogen and oxygen atoms in total. The van der Waals surface area contributed by atoms with Crippen LogP contribution in [0.4, 0.5) is 0 Å². The van der Waals surface area contributed by atoms with Crippen LogP contribution in [0.1, 0.15) is 6.92 Å². The molecule has 0 saturated heterocycles. The Balaban J connectivity index is 4.22. The number of hydrogen-bond donors (Lipinski definition) is 0. The summed E-state index contributed by atoms with van der Waals surface area (Å²) in [5, 5.41) is 19.3. The fourth-order valence-electron chi connectivity index (χ4n) is 0.243. The molecule has 0 aliphatic rings. The second-order valence-electron chi connectivity index (χ2n) is 1.56. The van der Waals surface area contributed by atoms with Gasteiger partial charge in [-0.3, -0.25) is 20.2 Å². The van der Waals surface area contributed by atoms with E-state index < -0.39 is 21.8 Å². The normalized spacial score (nSPS) is 12.1. The number of hydrogen-bond acceptors (Lipinski definition) is 5. The number of nitro groups is 2. The molecular formula is C3H4N2O5. The van der Waals surface area contributed by atoms with Gasteiger partial charge >= 0.3 is 11.9 Å². The molecule has 1 atom stereocenters. The zero-order chi connectivity index (χ0) is 8.31. The van der Waals surface area contributed by atoms with Crippen LogP contribution in [0.25, 0.3) is 0 Å². The Hall–Kier alpha value is -1.53. The summed E-state index contributed by atoms with van der Waals surface area (Å²) in [5.41, 5.74) is 0. The highest BCUT2D eigenvalue weighted by Gasteiger charge is 2.34. The largest absolute Gasteiger partial charge is 0.517 e. The molecule has 0 aromatic rings. The zero-order valence-electron chi connectivity index (χ0n) is 5.01. The number of carbonyl (C=O) groups excluding carboxylic acids is 1. The van der Waals surface area contributed by atoms with Gasteiger partial charge in [-0.15, -0.1) is 0 Å². The molecule has 7 heteroatoms. The lowest BCUT2D eigenvalue weighted by Crippen LogP contribution is -2.31. The van der Waals surface area contributed by atoms with E-state index >= 15 is 0 Å². The molecule has 0 saturated carbocycles. The quantitative estimate of drug-likeness (QED) is 0.386. The maximum Gasteiger partial charge on any atom is 0.517 e. The van der Waals surface area contributed by atoms with E-state index in [1.807, 2.05) is 0 Å². The first kappa shape index (κ1) is 8.47. The SMILES string of the molecule is CC(C(=O)[N+](=O)[O-])[N+](=O)[O-]. The molecule has 0 aromatic heterocycles. The second-order valence-corrected chi connectivity index (χ2v) is 1.56. The van der Waals surface area contributed by atoms with Gasteiger partial charge in [0.2, 0.25) is 0 Å². The monoisotopic (exact) mass is 148 g/mol. The van der Waals surface area contributed by atoms with Gasteiger partial charge in [0.25, 0.3) is 0 Å². The molecule has 0 radical (unpaired) electrons. The van der Waals surface area contributed by atoms with Crippen LogP contribution < -0.4 is 0 Å². The van der Waals surface area contributed by atoms with Crippen LogP contribution in [-0.4, -0.2) is 21.8 Å². The van der Waals surface area contributed by atoms with E-state index in [1.165, 1.54) is 0 Å². The summed E-state index contributed by atoms with van der Waals surface area (Å²) in [6.45, 7) is 0.866. The van der Waals surface area contributed by atoms with E-state index in [9.17, 15) is 25.0 Å². The van der Waals surface area contributed by atoms with Crippen molar-refractivity contribution >= 4 is 5.91 Å². The van der Waals surface area contributed by atoms with Crippen molar-refractivity contribution in [1.29, 1.82) is 0 Å². The average molecular weight is 148 g/mol. The third-order valence-corrected chi connectivity index (χ3v) is 0.854. The summed E-state index contributed by atoms with van der Waals surface area (Å²) >= 11 is 0. The molecule has 0 fully saturated rings. The minimum atomic E-state index is -1.75. The predicted octanol–water partition coefficient (Wildman–Crippen LogP) is -0.545. The van der Waals surface area contributed by atoms with Gasteiger partial charge in [-0.25, -0.2) is 4.79 Å². The molecule has 1 unspecified atom stereocenters. The molecule has 1 amide bonds. The summed E-state index contributed by atoms with van der Waals surface area (Å²) in [6, 6.07) is -1.75. The van der Waals surface area contributed by atoms with Gasteiger partial charge in [-0.05, 0) is 0 Å². The Bertz CT molecular complexity index is 187. The Morgan fingerprint density at radius 3 is 1.90 bits per heavy atom. The van der Waals surface area contributed by atoms with Crippen molar-refractivity contribution in [2.45, 2.75) is 13.0 Å². The highest BCUT2D eigenvalue weighted by molar-refractivity contribution is 5.71. The van der Waals surface area contributed by atoms with E-state index in [-0.39, 0.29) is 0 Å². The van der Waals surface area contributed by atoms with Gasteiger partial charge in [0.15, 0.2) is 0 Å². The number of rotatable bonds is 2. The van der Waals surface area contributed by atoms with Crippen molar-refractivity contribution in [2.75, 3.05) is 0 Å². The fraction of sp³-hybridized carbons (Fsp3) is 0.667. The van der Waals surface area contributed by atoms with E-state index in [4.69, 9.17) is 0 Å². The molecule has 0 aromatic carbocycles. The highest BCUT2D eigenvalue weighted by Crippen LogP contribution is 1.90. The van der Waals surface area contributed by atoms with E-state index in [2.05, 4.69) is 0 Å². The molecule has 0 aliphatic carbocycles. The number of nitrogens with zero attached hydrogens (tertiary/aromatic N) is 2. The maximum absolute atomic E-state index is 10.1. The average Bonchev–Trinajstić information content (AvgIpc) is 1.84. The number of carbonyl (C=O) groups is 1. The fourth-order valence-corrected chi connectivity index (χ4v) is 0.243. The minimum absolute atomic E-state index is 0.866. The molecule has 0 heterocycles. The third kappa shape index (κ3) is 1.77. The van der Waals surface area contributed by atoms with E-state index in [0.717, 1.165) is 6.92 Å². The van der Waals surface area contributed by atoms with E-state index in [0.29, 0.717) is 0 Å². The molecular weight excluding hydrogens is 144 g/mol. The van der Waals surface area contributed by atoms with Crippen molar-refractivity contribution in [2.24, 2.45) is 0 Å². The van der Waals surface area contributed by atoms with E-state index in [1.54, 1.807) is 0 Å². The lowest BCUT2D eigenvalue weighted by molar-refractivity contribution is -0.530. The molecule has 0 N–H and O–H groups in total. The van der Waals surface area contributed by atoms with Gasteiger partial charge in [0.1, 0.15) is 4.92 Å². The van der Waals surface area contributed by atoms with Crippen molar-refractivity contribution in [1.82, 2.24) is 0 Å². The van der Waals surface area contributed by atoms with Crippen LogP contribution in [0.15, 0.2) is 0 Å². The smallest absolute Gasteiger partial charge is 0.263 e. The molecule has 56 valence electrons. The third-order valence-electron chi connectivity index (χ3n) is 0.854. The summed E-state index contributed by atoms with van der Waals surface area (Å²) in [6.07, 6.45) is 0. The van der Waals surface area contributed by atoms with Gasteiger partial charge in [-0.1, -0.05) is 0 Å². The van der Waals surface area contributed by atoms with Crippen LogP contribution in [-0.2, 0) is 4.79 Å². The van der Waals surface area contributed by atoms with Crippen LogP contribution in [0, 0.1) is 20.2 Å². The van der Waals surface area contributed by atoms with Crippen molar-refractivity contribution in [3.8, 4) is 0 Å². The first-order valence-corrected chi connectivity index (χ1v) is 2.28. The molecule has 0 bridgehead atoms. The number of amides is 1. The van der Waals surface area contributed by atoms with Gasteiger partial charge in [-0.2, -0.15) is 0 Å². The molecule has 0 rings (SSSR count). The molecule has 10 heavy (non-hydrogen) atoms. The highest BCUT2D eigenvalue weighted by atomic mass is 16.7. The predicted molar refractivity (Wildman–Crippen MR) is 28.5 cm³/mol. The van der Waals surface area contributed by atoms with Gasteiger partial charge in [0.05, 0.1) is 0 Å². The first-order chi connectivity index (χ1) is 4.46. The first-order valence-electron chi connectivity index (χ1n) is 2.28. The van der Waals surface area contributed by atoms with Crippen LogP contribution in [0.2, 0.25) is 0 Å². The summed E-state index contributed by atoms with van der Waals surface area (Å²) in [5.74, 6) is -1.59. The molecule has 0 spiro atoms. The topological polar surface area (TPSA) is 103 Å². The zero-order valence-corrected chi connectivity index (χ0v) is 5.01. The standard InChI is InChI=1S/C3H4N2O5/c1-2(4(7)8)3(6)5(9)10/h2H,1H3. The Morgan fingerprint density at radius 2 is 1.80 bits per heavy atom. The maximum atomic E-state index is 10.1. The van der Waals surface area contributed by atoms with Crippen molar-refractivity contribution in [3.63, 3.8) is 0 Å². The lowest BCUT2D eigenvalue weighted by atomic mass is 10.3. The minimum Gasteiger partial charge on any atom is -0.263 e. The summed E-state index contributed by atoms with van der Waals surface area (Å²) < 4.78 is 0. The second kappa shape index (κ2) is 2.85. The summed E-state index contributed by atoms with van der Waals surface area (Å²) in [7, 11) is 0. The van der Waals surface area contributed by atoms with Crippen molar-refractivity contribution in [3.05, 3.63) is 20.2 Å². The van der Waals surface area contributed by atoms with Crippen LogP contribution in [0.5, 0.6) is 0 Å². The Kier molecular flexibility index (Phi) is 2.42. The Morgan fingerprint density at radius 1 is 1.40 bits per heavy atom. The molecule has 0 aliphatic heterocycles. The van der Waals surface area contributed by atoms with Crippen LogP contribution in [0.3, 0.4) is 0 Å². The Labute approximate surface area is 54.9 Å². The van der Waals surface area contributed by atoms with Crippen LogP contribution >= 0.6 is 0 Å². The summed E-state index contributed by atoms with van der Waals surface area (Å²) in [4.78, 5) is 27.2. The van der Waals surface area contributed by atoms with Gasteiger partial charge < -0.3 is 0 Å².